The quantitative estimate of drug-likeness (QED) is 0.829. The van der Waals surface area contributed by atoms with Crippen molar-refractivity contribution in [3.05, 3.63) is 16.1 Å². The van der Waals surface area contributed by atoms with Crippen LogP contribution < -0.4 is 11.1 Å². The lowest BCUT2D eigenvalue weighted by Gasteiger charge is -2.38. The van der Waals surface area contributed by atoms with Gasteiger partial charge in [0.05, 0.1) is 12.0 Å². The monoisotopic (exact) mass is 239 g/mol. The number of amides is 1. The second kappa shape index (κ2) is 4.51. The Morgan fingerprint density at radius 2 is 2.44 bits per heavy atom. The lowest BCUT2D eigenvalue weighted by molar-refractivity contribution is -0.135. The molecule has 0 saturated heterocycles. The van der Waals surface area contributed by atoms with E-state index in [1.807, 2.05) is 12.3 Å². The zero-order chi connectivity index (χ0) is 11.6. The highest BCUT2D eigenvalue weighted by Gasteiger charge is 2.42. The van der Waals surface area contributed by atoms with Crippen molar-refractivity contribution in [3.63, 3.8) is 0 Å². The molecule has 5 heteroatoms. The molecule has 1 fully saturated rings. The topological polar surface area (TPSA) is 68.0 Å². The first-order valence-electron chi connectivity index (χ1n) is 5.56. The van der Waals surface area contributed by atoms with Crippen molar-refractivity contribution in [2.24, 2.45) is 11.1 Å². The number of nitrogens with one attached hydrogen (secondary N) is 1. The van der Waals surface area contributed by atoms with Crippen molar-refractivity contribution in [1.82, 2.24) is 10.3 Å². The van der Waals surface area contributed by atoms with Crippen LogP contribution >= 0.6 is 11.3 Å². The van der Waals surface area contributed by atoms with Crippen LogP contribution in [0.4, 0.5) is 0 Å². The van der Waals surface area contributed by atoms with E-state index in [2.05, 4.69) is 10.3 Å². The molecule has 1 amide bonds. The van der Waals surface area contributed by atoms with Gasteiger partial charge in [-0.3, -0.25) is 4.79 Å². The van der Waals surface area contributed by atoms with E-state index in [1.54, 1.807) is 11.3 Å². The predicted octanol–water partition coefficient (Wildman–Crippen LogP) is 1.20. The molecule has 1 heterocycles. The predicted molar refractivity (Wildman–Crippen MR) is 64.0 cm³/mol. The van der Waals surface area contributed by atoms with E-state index < -0.39 is 0 Å². The summed E-state index contributed by atoms with van der Waals surface area (Å²) in [5, 5.41) is 5.88. The van der Waals surface area contributed by atoms with E-state index in [0.717, 1.165) is 30.0 Å². The fourth-order valence-corrected chi connectivity index (χ4v) is 2.67. The van der Waals surface area contributed by atoms with Crippen LogP contribution in [0.25, 0.3) is 0 Å². The normalized spacial score (nSPS) is 17.9. The molecule has 0 aromatic carbocycles. The molecular formula is C11H17N3OS. The van der Waals surface area contributed by atoms with E-state index >= 15 is 0 Å². The van der Waals surface area contributed by atoms with Gasteiger partial charge in [-0.25, -0.2) is 4.98 Å². The maximum atomic E-state index is 11.9. The molecule has 1 aromatic heterocycles. The minimum Gasteiger partial charge on any atom is -0.349 e. The van der Waals surface area contributed by atoms with E-state index in [4.69, 9.17) is 5.73 Å². The van der Waals surface area contributed by atoms with Gasteiger partial charge in [-0.05, 0) is 19.8 Å². The third-order valence-corrected chi connectivity index (χ3v) is 4.22. The van der Waals surface area contributed by atoms with Gasteiger partial charge in [-0.15, -0.1) is 11.3 Å². The van der Waals surface area contributed by atoms with E-state index in [0.29, 0.717) is 13.1 Å². The minimum atomic E-state index is -0.285. The largest absolute Gasteiger partial charge is 0.349 e. The Labute approximate surface area is 99.3 Å². The highest BCUT2D eigenvalue weighted by atomic mass is 32.1. The van der Waals surface area contributed by atoms with Gasteiger partial charge in [0.25, 0.3) is 0 Å². The van der Waals surface area contributed by atoms with Crippen LogP contribution in [0.3, 0.4) is 0 Å². The first-order chi connectivity index (χ1) is 7.66. The molecule has 16 heavy (non-hydrogen) atoms. The fourth-order valence-electron chi connectivity index (χ4n) is 1.95. The van der Waals surface area contributed by atoms with Crippen molar-refractivity contribution < 1.29 is 4.79 Å². The Bertz CT molecular complexity index is 379. The molecule has 2 rings (SSSR count). The van der Waals surface area contributed by atoms with Crippen LogP contribution in [0.15, 0.2) is 5.38 Å². The van der Waals surface area contributed by atoms with E-state index in [9.17, 15) is 4.79 Å². The molecule has 0 radical (unpaired) electrons. The van der Waals surface area contributed by atoms with Crippen molar-refractivity contribution in [3.8, 4) is 0 Å². The molecule has 1 aromatic rings. The summed E-state index contributed by atoms with van der Waals surface area (Å²) >= 11 is 1.58. The van der Waals surface area contributed by atoms with Crippen LogP contribution in [-0.2, 0) is 11.3 Å². The average molecular weight is 239 g/mol. The van der Waals surface area contributed by atoms with Crippen molar-refractivity contribution in [2.45, 2.75) is 32.7 Å². The molecule has 1 aliphatic carbocycles. The number of carbonyl (C=O) groups is 1. The molecule has 0 spiro atoms. The van der Waals surface area contributed by atoms with E-state index in [-0.39, 0.29) is 11.3 Å². The van der Waals surface area contributed by atoms with Gasteiger partial charge in [0.2, 0.25) is 5.91 Å². The summed E-state index contributed by atoms with van der Waals surface area (Å²) in [5.74, 6) is 0.0918. The molecule has 1 aliphatic rings. The molecular weight excluding hydrogens is 222 g/mol. The first kappa shape index (κ1) is 11.5. The van der Waals surface area contributed by atoms with Gasteiger partial charge < -0.3 is 11.1 Å². The summed E-state index contributed by atoms with van der Waals surface area (Å²) in [7, 11) is 0. The maximum absolute atomic E-state index is 11.9. The Balaban J connectivity index is 1.88. The summed E-state index contributed by atoms with van der Waals surface area (Å²) in [6, 6.07) is 0. The SMILES string of the molecule is Cc1csc(CNC(=O)C2(CN)CCC2)n1. The van der Waals surface area contributed by atoms with Crippen LogP contribution in [-0.4, -0.2) is 17.4 Å². The number of hydrogen-bond donors (Lipinski definition) is 2. The number of hydrogen-bond acceptors (Lipinski definition) is 4. The Morgan fingerprint density at radius 1 is 1.69 bits per heavy atom. The lowest BCUT2D eigenvalue weighted by Crippen LogP contribution is -2.50. The Morgan fingerprint density at radius 3 is 2.88 bits per heavy atom. The Hall–Kier alpha value is -0.940. The molecule has 0 aliphatic heterocycles. The van der Waals surface area contributed by atoms with Crippen molar-refractivity contribution in [1.29, 1.82) is 0 Å². The molecule has 1 saturated carbocycles. The molecule has 3 N–H and O–H groups in total. The third-order valence-electron chi connectivity index (χ3n) is 3.25. The van der Waals surface area contributed by atoms with Crippen LogP contribution in [0.5, 0.6) is 0 Å². The zero-order valence-electron chi connectivity index (χ0n) is 9.45. The van der Waals surface area contributed by atoms with Gasteiger partial charge in [0.1, 0.15) is 5.01 Å². The van der Waals surface area contributed by atoms with Crippen LogP contribution in [0.1, 0.15) is 30.0 Å². The number of aromatic nitrogens is 1. The number of aryl methyl sites for hydroxylation is 1. The second-order valence-electron chi connectivity index (χ2n) is 4.40. The van der Waals surface area contributed by atoms with Crippen LogP contribution in [0, 0.1) is 12.3 Å². The number of rotatable bonds is 4. The molecule has 0 bridgehead atoms. The number of carbonyl (C=O) groups excluding carboxylic acids is 1. The summed E-state index contributed by atoms with van der Waals surface area (Å²) < 4.78 is 0. The van der Waals surface area contributed by atoms with Gasteiger partial charge >= 0.3 is 0 Å². The number of nitrogens with zero attached hydrogens (tertiary/aromatic N) is 1. The van der Waals surface area contributed by atoms with Gasteiger partial charge in [-0.2, -0.15) is 0 Å². The molecule has 4 nitrogen and oxygen atoms in total. The zero-order valence-corrected chi connectivity index (χ0v) is 10.3. The highest BCUT2D eigenvalue weighted by Crippen LogP contribution is 2.40. The number of thiazole rings is 1. The van der Waals surface area contributed by atoms with Crippen molar-refractivity contribution in [2.75, 3.05) is 6.54 Å². The van der Waals surface area contributed by atoms with Gasteiger partial charge in [-0.1, -0.05) is 6.42 Å². The fraction of sp³-hybridized carbons (Fsp3) is 0.636. The van der Waals surface area contributed by atoms with Crippen molar-refractivity contribution >= 4 is 17.2 Å². The standard InChI is InChI=1S/C11H17N3OS/c1-8-6-16-9(14-8)5-13-10(15)11(7-12)3-2-4-11/h6H,2-5,7,12H2,1H3,(H,13,15). The lowest BCUT2D eigenvalue weighted by atomic mass is 9.68. The summed E-state index contributed by atoms with van der Waals surface area (Å²) in [5.41, 5.74) is 6.39. The summed E-state index contributed by atoms with van der Waals surface area (Å²) in [4.78, 5) is 16.3. The van der Waals surface area contributed by atoms with Gasteiger partial charge in [0.15, 0.2) is 0 Å². The minimum absolute atomic E-state index is 0.0918. The molecule has 88 valence electrons. The molecule has 0 unspecified atom stereocenters. The molecule has 0 atom stereocenters. The summed E-state index contributed by atoms with van der Waals surface area (Å²) in [6.45, 7) is 2.93. The highest BCUT2D eigenvalue weighted by molar-refractivity contribution is 7.09. The smallest absolute Gasteiger partial charge is 0.227 e. The Kier molecular flexibility index (Phi) is 3.25. The third kappa shape index (κ3) is 2.10. The second-order valence-corrected chi connectivity index (χ2v) is 5.35. The van der Waals surface area contributed by atoms with Gasteiger partial charge in [0, 0.05) is 17.6 Å². The first-order valence-corrected chi connectivity index (χ1v) is 6.44. The average Bonchev–Trinajstić information content (AvgIpc) is 2.60. The maximum Gasteiger partial charge on any atom is 0.227 e. The van der Waals surface area contributed by atoms with E-state index in [1.165, 1.54) is 0 Å². The summed E-state index contributed by atoms with van der Waals surface area (Å²) in [6.07, 6.45) is 2.96. The number of nitrogens with two attached hydrogens (primary N) is 1. The van der Waals surface area contributed by atoms with Crippen LogP contribution in [0.2, 0.25) is 0 Å².